The van der Waals surface area contributed by atoms with Crippen molar-refractivity contribution in [3.8, 4) is 0 Å². The fraction of sp³-hybridized carbons (Fsp3) is 0.667. The quantitative estimate of drug-likeness (QED) is 0.496. The molecule has 0 saturated heterocycles. The molecule has 0 saturated carbocycles. The van der Waals surface area contributed by atoms with E-state index in [9.17, 15) is 14.7 Å². The molecule has 0 bridgehead atoms. The lowest BCUT2D eigenvalue weighted by atomic mass is 9.74. The zero-order valence-electron chi connectivity index (χ0n) is 21.7. The van der Waals surface area contributed by atoms with Gasteiger partial charge in [0.15, 0.2) is 0 Å². The Bertz CT molecular complexity index is 815. The number of aliphatic hydroxyl groups excluding tert-OH is 2. The van der Waals surface area contributed by atoms with Crippen molar-refractivity contribution in [3.63, 3.8) is 0 Å². The molecule has 6 nitrogen and oxygen atoms in total. The lowest BCUT2D eigenvalue weighted by Crippen LogP contribution is -2.43. The van der Waals surface area contributed by atoms with Crippen LogP contribution in [0.3, 0.4) is 0 Å². The first-order valence-electron chi connectivity index (χ1n) is 12.3. The van der Waals surface area contributed by atoms with Crippen molar-refractivity contribution in [2.24, 2.45) is 23.2 Å². The minimum atomic E-state index is -0.957. The van der Waals surface area contributed by atoms with Gasteiger partial charge in [0.25, 0.3) is 0 Å². The van der Waals surface area contributed by atoms with E-state index in [2.05, 4.69) is 36.3 Å². The number of amides is 1. The molecular weight excluding hydrogens is 448 g/mol. The van der Waals surface area contributed by atoms with Gasteiger partial charge in [-0.2, -0.15) is 0 Å². The molecule has 1 aliphatic rings. The maximum absolute atomic E-state index is 12.8. The molecule has 2 rings (SSSR count). The van der Waals surface area contributed by atoms with Crippen LogP contribution in [0, 0.1) is 23.2 Å². The Kier molecular flexibility index (Phi) is 13.5. The van der Waals surface area contributed by atoms with Gasteiger partial charge < -0.3 is 15.5 Å². The molecule has 7 heteroatoms. The Balaban J connectivity index is 0.000000479. The van der Waals surface area contributed by atoms with Gasteiger partial charge in [0.1, 0.15) is 10.8 Å². The molecule has 1 aliphatic heterocycles. The Morgan fingerprint density at radius 3 is 2.59 bits per heavy atom. The summed E-state index contributed by atoms with van der Waals surface area (Å²) in [6.45, 7) is 12.2. The first-order chi connectivity index (χ1) is 16.0. The molecule has 34 heavy (non-hydrogen) atoms. The Hall–Kier alpha value is -1.83. The average Bonchev–Trinajstić information content (AvgIpc) is 3.24. The van der Waals surface area contributed by atoms with Crippen LogP contribution in [0.15, 0.2) is 23.6 Å². The summed E-state index contributed by atoms with van der Waals surface area (Å²) < 4.78 is 0. The van der Waals surface area contributed by atoms with Crippen molar-refractivity contribution >= 4 is 29.1 Å². The second-order valence-corrected chi connectivity index (χ2v) is 11.0. The summed E-state index contributed by atoms with van der Waals surface area (Å²) in [5, 5.41) is 24.6. The van der Waals surface area contributed by atoms with Crippen LogP contribution in [0.1, 0.15) is 84.3 Å². The molecule has 3 unspecified atom stereocenters. The average molecular weight is 493 g/mol. The van der Waals surface area contributed by atoms with Crippen molar-refractivity contribution < 1.29 is 19.8 Å². The molecule has 1 aromatic rings. The third-order valence-corrected chi connectivity index (χ3v) is 7.10. The highest BCUT2D eigenvalue weighted by molar-refractivity contribution is 7.09. The Labute approximate surface area is 209 Å². The van der Waals surface area contributed by atoms with E-state index in [-0.39, 0.29) is 36.6 Å². The smallest absolute Gasteiger partial charge is 0.222 e. The zero-order chi connectivity index (χ0) is 25.7. The van der Waals surface area contributed by atoms with E-state index in [0.717, 1.165) is 36.4 Å². The van der Waals surface area contributed by atoms with Crippen molar-refractivity contribution in [2.75, 3.05) is 6.54 Å². The van der Waals surface area contributed by atoms with Gasteiger partial charge in [-0.3, -0.25) is 9.59 Å². The van der Waals surface area contributed by atoms with Crippen LogP contribution >= 0.6 is 11.3 Å². The second kappa shape index (κ2) is 15.2. The van der Waals surface area contributed by atoms with Crippen molar-refractivity contribution in [1.29, 1.82) is 0 Å². The number of Topliss-reactive ketones (excluding diaryl/α,β-unsaturated/α-hetero) is 1. The van der Waals surface area contributed by atoms with Gasteiger partial charge in [-0.05, 0) is 44.1 Å². The predicted octanol–water partition coefficient (Wildman–Crippen LogP) is 5.16. The summed E-state index contributed by atoms with van der Waals surface area (Å²) in [5.74, 6) is 0.507. The fourth-order valence-electron chi connectivity index (χ4n) is 4.03. The first kappa shape index (κ1) is 30.2. The number of nitrogens with one attached hydrogen (secondary N) is 1. The molecule has 192 valence electrons. The number of ketones is 1. The Morgan fingerprint density at radius 2 is 1.97 bits per heavy atom. The Morgan fingerprint density at radius 1 is 1.26 bits per heavy atom. The second-order valence-electron chi connectivity index (χ2n) is 10.0. The molecule has 0 fully saturated rings. The number of thiazole rings is 1. The summed E-state index contributed by atoms with van der Waals surface area (Å²) in [6.07, 6.45) is 11.3. The van der Waals surface area contributed by atoms with Gasteiger partial charge in [-0.1, -0.05) is 59.3 Å². The van der Waals surface area contributed by atoms with E-state index in [4.69, 9.17) is 5.11 Å². The van der Waals surface area contributed by atoms with Crippen LogP contribution < -0.4 is 5.32 Å². The highest BCUT2D eigenvalue weighted by Crippen LogP contribution is 2.31. The summed E-state index contributed by atoms with van der Waals surface area (Å²) in [5.41, 5.74) is 0.0237. The third kappa shape index (κ3) is 10.6. The SMILES string of the molecule is C/C=C\c1csc(CO)n1.CC1CCC/C=C\[C@H](C)CNC(=O)CC(O)C(C)(C)C(=O)C(C)C1. The number of aromatic nitrogens is 1. The molecule has 1 aromatic heterocycles. The molecule has 1 amide bonds. The van der Waals surface area contributed by atoms with Gasteiger partial charge in [-0.25, -0.2) is 4.98 Å². The molecule has 0 aliphatic carbocycles. The molecule has 4 atom stereocenters. The van der Waals surface area contributed by atoms with Gasteiger partial charge in [0.05, 0.1) is 30.2 Å². The largest absolute Gasteiger partial charge is 0.392 e. The number of nitrogens with zero attached hydrogens (tertiary/aromatic N) is 1. The van der Waals surface area contributed by atoms with E-state index >= 15 is 0 Å². The van der Waals surface area contributed by atoms with Crippen LogP contribution in [0.5, 0.6) is 0 Å². The van der Waals surface area contributed by atoms with E-state index in [1.807, 2.05) is 31.4 Å². The molecule has 0 spiro atoms. The summed E-state index contributed by atoms with van der Waals surface area (Å²) in [6, 6.07) is 0. The topological polar surface area (TPSA) is 99.5 Å². The number of hydrogen-bond donors (Lipinski definition) is 3. The van der Waals surface area contributed by atoms with Crippen LogP contribution in [-0.2, 0) is 16.2 Å². The van der Waals surface area contributed by atoms with E-state index in [1.54, 1.807) is 13.8 Å². The minimum absolute atomic E-state index is 0.0303. The maximum Gasteiger partial charge on any atom is 0.222 e. The number of rotatable bonds is 2. The third-order valence-electron chi connectivity index (χ3n) is 6.25. The number of carbonyl (C=O) groups is 2. The fourth-order valence-corrected chi connectivity index (χ4v) is 4.65. The van der Waals surface area contributed by atoms with Crippen LogP contribution in [0.25, 0.3) is 6.08 Å². The predicted molar refractivity (Wildman–Crippen MR) is 140 cm³/mol. The minimum Gasteiger partial charge on any atom is -0.392 e. The normalized spacial score (nSPS) is 28.1. The highest BCUT2D eigenvalue weighted by atomic mass is 32.1. The van der Waals surface area contributed by atoms with Crippen LogP contribution in [0.4, 0.5) is 0 Å². The van der Waals surface area contributed by atoms with Crippen LogP contribution in [0.2, 0.25) is 0 Å². The lowest BCUT2D eigenvalue weighted by molar-refractivity contribution is -0.139. The standard InChI is InChI=1S/C20H35NO3.C7H9NOS/c1-14-9-7-6-8-10-15(2)13-21-18(23)12-17(22)20(4,5)19(24)16(3)11-14;1-2-3-6-5-10-7(4-9)8-6/h8,10,14-17,22H,6-7,9,11-13H2,1-5H3,(H,21,23);2-3,5,9H,4H2,1H3/b10-8-;3-2-/t14?,15-,16?,17?;/m0./s1. The van der Waals surface area contributed by atoms with E-state index in [0.29, 0.717) is 12.5 Å². The summed E-state index contributed by atoms with van der Waals surface area (Å²) in [4.78, 5) is 28.9. The number of hydrogen-bond acceptors (Lipinski definition) is 6. The number of aliphatic hydroxyl groups is 2. The van der Waals surface area contributed by atoms with E-state index in [1.165, 1.54) is 11.3 Å². The lowest BCUT2D eigenvalue weighted by Gasteiger charge is -2.32. The van der Waals surface area contributed by atoms with E-state index < -0.39 is 11.5 Å². The summed E-state index contributed by atoms with van der Waals surface area (Å²) >= 11 is 1.48. The van der Waals surface area contributed by atoms with Gasteiger partial charge in [0.2, 0.25) is 5.91 Å². The van der Waals surface area contributed by atoms with Crippen molar-refractivity contribution in [1.82, 2.24) is 10.3 Å². The molecule has 0 radical (unpaired) electrons. The molecule has 0 aromatic carbocycles. The van der Waals surface area contributed by atoms with Gasteiger partial charge in [0, 0.05) is 17.8 Å². The van der Waals surface area contributed by atoms with Crippen molar-refractivity contribution in [2.45, 2.75) is 86.4 Å². The molecular formula is C27H44N2O4S. The zero-order valence-corrected chi connectivity index (χ0v) is 22.5. The first-order valence-corrected chi connectivity index (χ1v) is 13.2. The molecule has 3 N–H and O–H groups in total. The number of allylic oxidation sites excluding steroid dienone is 2. The summed E-state index contributed by atoms with van der Waals surface area (Å²) in [7, 11) is 0. The van der Waals surface area contributed by atoms with Crippen LogP contribution in [-0.4, -0.2) is 39.5 Å². The highest BCUT2D eigenvalue weighted by Gasteiger charge is 2.39. The van der Waals surface area contributed by atoms with Gasteiger partial charge in [-0.15, -0.1) is 11.3 Å². The van der Waals surface area contributed by atoms with Gasteiger partial charge >= 0.3 is 0 Å². The maximum atomic E-state index is 12.8. The molecule has 2 heterocycles. The van der Waals surface area contributed by atoms with Crippen molar-refractivity contribution in [3.05, 3.63) is 34.3 Å². The monoisotopic (exact) mass is 492 g/mol. The number of carbonyl (C=O) groups excluding carboxylic acids is 2.